The average molecular weight is 605 g/mol. The first-order valence-electron chi connectivity index (χ1n) is 13.2. The van der Waals surface area contributed by atoms with E-state index in [4.69, 9.17) is 28.4 Å². The van der Waals surface area contributed by atoms with Crippen LogP contribution in [0.5, 0.6) is 23.0 Å². The number of methoxy groups -OCH3 is 2. The van der Waals surface area contributed by atoms with Crippen molar-refractivity contribution < 1.29 is 43.1 Å². The number of phenols is 1. The Hall–Kier alpha value is -5.02. The number of hydrogen-bond donors (Lipinski definition) is 1. The Bertz CT molecular complexity index is 1450. The van der Waals surface area contributed by atoms with Crippen LogP contribution in [0.3, 0.4) is 0 Å². The molecular formula is C35H40O9. The molecule has 0 radical (unpaired) electrons. The lowest BCUT2D eigenvalue weighted by Gasteiger charge is -2.12. The number of phenolic OH excluding ortho intramolecular Hbond substituents is 1. The minimum atomic E-state index is -0.583. The van der Waals surface area contributed by atoms with E-state index in [0.717, 1.165) is 11.1 Å². The lowest BCUT2D eigenvalue weighted by molar-refractivity contribution is 0.0459. The fourth-order valence-electron chi connectivity index (χ4n) is 3.68. The molecule has 0 spiro atoms. The van der Waals surface area contributed by atoms with Crippen LogP contribution < -0.4 is 14.2 Å². The van der Waals surface area contributed by atoms with Crippen LogP contribution >= 0.6 is 0 Å². The molecule has 1 saturated heterocycles. The van der Waals surface area contributed by atoms with Gasteiger partial charge in [-0.05, 0) is 47.5 Å². The van der Waals surface area contributed by atoms with Crippen molar-refractivity contribution >= 4 is 11.9 Å². The first-order valence-corrected chi connectivity index (χ1v) is 13.2. The summed E-state index contributed by atoms with van der Waals surface area (Å²) in [4.78, 5) is 24.2. The third-order valence-electron chi connectivity index (χ3n) is 6.08. The minimum Gasteiger partial charge on any atom is -0.507 e. The van der Waals surface area contributed by atoms with Crippen LogP contribution in [0.15, 0.2) is 97.1 Å². The van der Waals surface area contributed by atoms with E-state index in [-0.39, 0.29) is 45.5 Å². The molecule has 234 valence electrons. The van der Waals surface area contributed by atoms with Crippen molar-refractivity contribution in [2.24, 2.45) is 0 Å². The molecule has 4 aromatic rings. The summed E-state index contributed by atoms with van der Waals surface area (Å²) < 4.78 is 31.5. The third kappa shape index (κ3) is 10.7. The number of carbonyl (C=O) groups excluding carboxylic acids is 2. The molecule has 0 aliphatic carbocycles. The molecule has 1 unspecified atom stereocenters. The molecule has 44 heavy (non-hydrogen) atoms. The summed E-state index contributed by atoms with van der Waals surface area (Å²) in [6.07, 6.45) is 0.116. The summed E-state index contributed by atoms with van der Waals surface area (Å²) in [6, 6.07) is 28.4. The van der Waals surface area contributed by atoms with Crippen molar-refractivity contribution in [2.45, 2.75) is 34.2 Å². The monoisotopic (exact) mass is 604 g/mol. The molecule has 9 nitrogen and oxygen atoms in total. The molecule has 0 bridgehead atoms. The Labute approximate surface area is 258 Å². The molecule has 1 aliphatic rings. The second-order valence-corrected chi connectivity index (χ2v) is 9.13. The number of esters is 2. The van der Waals surface area contributed by atoms with Crippen LogP contribution in [-0.2, 0) is 27.4 Å². The maximum atomic E-state index is 12.4. The van der Waals surface area contributed by atoms with Gasteiger partial charge in [0.15, 0.2) is 0 Å². The van der Waals surface area contributed by atoms with Gasteiger partial charge < -0.3 is 33.5 Å². The largest absolute Gasteiger partial charge is 0.507 e. The SMILES string of the molecule is C.C.COc1ccc(O)c(C(=O)OCc2ccccc2)c1.COc1ccc(OCC2CO2)c(C(=O)OCc2ccccc2)c1. The van der Waals surface area contributed by atoms with Crippen molar-refractivity contribution in [1.29, 1.82) is 0 Å². The van der Waals surface area contributed by atoms with Crippen LogP contribution in [-0.4, -0.2) is 50.6 Å². The summed E-state index contributed by atoms with van der Waals surface area (Å²) >= 11 is 0. The zero-order chi connectivity index (χ0) is 29.7. The van der Waals surface area contributed by atoms with Gasteiger partial charge in [-0.1, -0.05) is 75.5 Å². The molecule has 0 amide bonds. The highest BCUT2D eigenvalue weighted by molar-refractivity contribution is 5.93. The number of benzene rings is 4. The summed E-state index contributed by atoms with van der Waals surface area (Å²) in [7, 11) is 3.04. The molecule has 0 aromatic heterocycles. The molecular weight excluding hydrogens is 564 g/mol. The number of carbonyl (C=O) groups is 2. The first kappa shape index (κ1) is 35.2. The maximum Gasteiger partial charge on any atom is 0.342 e. The van der Waals surface area contributed by atoms with Crippen molar-refractivity contribution in [3.05, 3.63) is 119 Å². The highest BCUT2D eigenvalue weighted by Crippen LogP contribution is 2.27. The third-order valence-corrected chi connectivity index (χ3v) is 6.08. The van der Waals surface area contributed by atoms with Gasteiger partial charge in [-0.15, -0.1) is 0 Å². The minimum absolute atomic E-state index is 0. The Morgan fingerprint density at radius 3 is 1.70 bits per heavy atom. The standard InChI is InChI=1S/C18H18O5.C15H14O4.2CH4/c1-20-14-7-8-17(22-12-15-11-21-15)16(9-14)18(19)23-10-13-5-3-2-4-6-13;1-18-12-7-8-14(16)13(9-12)15(17)19-10-11-5-3-2-4-6-11;;/h2-9,15H,10-12H2,1H3;2-9,16H,10H2,1H3;2*1H4. The second kappa shape index (κ2) is 17.8. The van der Waals surface area contributed by atoms with E-state index in [9.17, 15) is 14.7 Å². The van der Waals surface area contributed by atoms with Gasteiger partial charge in [0.2, 0.25) is 0 Å². The molecule has 5 rings (SSSR count). The summed E-state index contributed by atoms with van der Waals surface area (Å²) in [5, 5.41) is 9.64. The van der Waals surface area contributed by atoms with E-state index in [1.165, 1.54) is 19.2 Å². The van der Waals surface area contributed by atoms with Gasteiger partial charge in [0.25, 0.3) is 0 Å². The Balaban J connectivity index is 0.000000299. The zero-order valence-corrected chi connectivity index (χ0v) is 23.4. The van der Waals surface area contributed by atoms with Crippen LogP contribution in [0.1, 0.15) is 46.7 Å². The summed E-state index contributed by atoms with van der Waals surface area (Å²) in [6.45, 7) is 1.49. The van der Waals surface area contributed by atoms with Crippen molar-refractivity contribution in [3.63, 3.8) is 0 Å². The predicted octanol–water partition coefficient (Wildman–Crippen LogP) is 6.86. The number of aromatic hydroxyl groups is 1. The fourth-order valence-corrected chi connectivity index (χ4v) is 3.68. The lowest BCUT2D eigenvalue weighted by Crippen LogP contribution is -2.11. The number of epoxide rings is 1. The fraction of sp³-hybridized carbons (Fsp3) is 0.257. The quantitative estimate of drug-likeness (QED) is 0.145. The summed E-state index contributed by atoms with van der Waals surface area (Å²) in [5.74, 6) is 0.383. The average Bonchev–Trinajstić information content (AvgIpc) is 3.88. The summed E-state index contributed by atoms with van der Waals surface area (Å²) in [5.41, 5.74) is 2.26. The normalized spacial score (nSPS) is 12.5. The van der Waals surface area contributed by atoms with Crippen molar-refractivity contribution in [3.8, 4) is 23.0 Å². The van der Waals surface area contributed by atoms with Crippen LogP contribution in [0.25, 0.3) is 0 Å². The molecule has 9 heteroatoms. The molecule has 1 fully saturated rings. The van der Waals surface area contributed by atoms with Crippen LogP contribution in [0, 0.1) is 0 Å². The number of rotatable bonds is 11. The lowest BCUT2D eigenvalue weighted by atomic mass is 10.2. The molecule has 1 atom stereocenters. The maximum absolute atomic E-state index is 12.4. The molecule has 0 saturated carbocycles. The van der Waals surface area contributed by atoms with Crippen molar-refractivity contribution in [1.82, 2.24) is 0 Å². The molecule has 1 aliphatic heterocycles. The van der Waals surface area contributed by atoms with Gasteiger partial charge in [-0.2, -0.15) is 0 Å². The van der Waals surface area contributed by atoms with E-state index in [2.05, 4.69) is 0 Å². The van der Waals surface area contributed by atoms with Gasteiger partial charge in [0, 0.05) is 0 Å². The van der Waals surface area contributed by atoms with E-state index in [1.54, 1.807) is 31.4 Å². The first-order chi connectivity index (χ1) is 20.5. The number of ether oxygens (including phenoxy) is 6. The molecule has 1 heterocycles. The van der Waals surface area contributed by atoms with Gasteiger partial charge >= 0.3 is 11.9 Å². The van der Waals surface area contributed by atoms with E-state index >= 15 is 0 Å². The predicted molar refractivity (Wildman–Crippen MR) is 167 cm³/mol. The smallest absolute Gasteiger partial charge is 0.342 e. The Kier molecular flexibility index (Phi) is 14.3. The highest BCUT2D eigenvalue weighted by atomic mass is 16.6. The highest BCUT2D eigenvalue weighted by Gasteiger charge is 2.25. The Morgan fingerprint density at radius 2 is 1.20 bits per heavy atom. The van der Waals surface area contributed by atoms with Gasteiger partial charge in [-0.25, -0.2) is 9.59 Å². The Morgan fingerprint density at radius 1 is 0.727 bits per heavy atom. The molecule has 1 N–H and O–H groups in total. The van der Waals surface area contributed by atoms with E-state index < -0.39 is 11.9 Å². The van der Waals surface area contributed by atoms with Gasteiger partial charge in [0.05, 0.1) is 20.8 Å². The van der Waals surface area contributed by atoms with Gasteiger partial charge in [0.1, 0.15) is 60.0 Å². The van der Waals surface area contributed by atoms with Gasteiger partial charge in [-0.3, -0.25) is 0 Å². The van der Waals surface area contributed by atoms with E-state index in [0.29, 0.717) is 36.0 Å². The zero-order valence-electron chi connectivity index (χ0n) is 23.4. The number of hydrogen-bond acceptors (Lipinski definition) is 9. The second-order valence-electron chi connectivity index (χ2n) is 9.13. The molecule has 4 aromatic carbocycles. The topological polar surface area (TPSA) is 113 Å². The van der Waals surface area contributed by atoms with E-state index in [1.807, 2.05) is 60.7 Å². The van der Waals surface area contributed by atoms with Crippen molar-refractivity contribution in [2.75, 3.05) is 27.4 Å². The van der Waals surface area contributed by atoms with Crippen LogP contribution in [0.2, 0.25) is 0 Å². The van der Waals surface area contributed by atoms with Crippen LogP contribution in [0.4, 0.5) is 0 Å².